The maximum Gasteiger partial charge on any atom is 0.135 e. The molecule has 0 amide bonds. The fourth-order valence-electron chi connectivity index (χ4n) is 5.77. The van der Waals surface area contributed by atoms with Crippen molar-refractivity contribution in [1.29, 1.82) is 0 Å². The van der Waals surface area contributed by atoms with E-state index in [9.17, 15) is 10.2 Å². The van der Waals surface area contributed by atoms with Crippen LogP contribution in [0.3, 0.4) is 0 Å². The molecule has 208 valence electrons. The van der Waals surface area contributed by atoms with E-state index in [-0.39, 0.29) is 33.2 Å². The summed E-state index contributed by atoms with van der Waals surface area (Å²) in [5, 5.41) is 22.5. The first-order valence-electron chi connectivity index (χ1n) is 13.2. The zero-order valence-corrected chi connectivity index (χ0v) is 26.1. The zero-order chi connectivity index (χ0) is 28.4. The van der Waals surface area contributed by atoms with Crippen LogP contribution in [0.4, 0.5) is 0 Å². The van der Waals surface area contributed by atoms with Gasteiger partial charge in [-0.3, -0.25) is 0 Å². The Hall–Kier alpha value is -1.69. The van der Waals surface area contributed by atoms with E-state index >= 15 is 0 Å². The number of rotatable bonds is 10. The normalized spacial score (nSPS) is 13.3. The van der Waals surface area contributed by atoms with Crippen molar-refractivity contribution in [1.82, 2.24) is 0 Å². The Bertz CT molecular complexity index is 986. The highest BCUT2D eigenvalue weighted by atomic mass is 32.2. The molecule has 2 rings (SSSR count). The number of hydrogen-bond donors (Lipinski definition) is 2. The third-order valence-corrected chi connectivity index (χ3v) is 7.70. The summed E-state index contributed by atoms with van der Waals surface area (Å²) in [6.07, 6.45) is 1.97. The van der Waals surface area contributed by atoms with Crippen LogP contribution in [0.25, 0.3) is 0 Å². The fraction of sp³-hybridized carbons (Fsp3) is 0.625. The highest BCUT2D eigenvalue weighted by Gasteiger charge is 2.31. The van der Waals surface area contributed by atoms with Crippen LogP contribution >= 0.6 is 11.8 Å². The van der Waals surface area contributed by atoms with Gasteiger partial charge in [0.2, 0.25) is 0 Å². The lowest BCUT2D eigenvalue weighted by Crippen LogP contribution is -2.25. The van der Waals surface area contributed by atoms with Gasteiger partial charge in [0.1, 0.15) is 11.5 Å². The van der Waals surface area contributed by atoms with Crippen molar-refractivity contribution < 1.29 is 19.7 Å². The fourth-order valence-corrected chi connectivity index (χ4v) is 6.84. The molecule has 0 saturated heterocycles. The smallest absolute Gasteiger partial charge is 0.135 e. The van der Waals surface area contributed by atoms with Gasteiger partial charge in [0.05, 0.1) is 23.0 Å². The Balaban J connectivity index is 2.68. The first kappa shape index (κ1) is 31.5. The van der Waals surface area contributed by atoms with Crippen LogP contribution < -0.4 is 0 Å². The average molecular weight is 531 g/mol. The van der Waals surface area contributed by atoms with Crippen LogP contribution in [0.2, 0.25) is 0 Å². The second kappa shape index (κ2) is 11.6. The summed E-state index contributed by atoms with van der Waals surface area (Å²) in [4.78, 5) is 1.44. The van der Waals surface area contributed by atoms with Gasteiger partial charge in [-0.05, 0) is 69.9 Å². The molecule has 0 atom stereocenters. The maximum atomic E-state index is 11.2. The van der Waals surface area contributed by atoms with Gasteiger partial charge < -0.3 is 19.7 Å². The third kappa shape index (κ3) is 8.66. The highest BCUT2D eigenvalue weighted by Crippen LogP contribution is 2.47. The van der Waals surface area contributed by atoms with E-state index in [0.717, 1.165) is 44.9 Å². The molecule has 5 heteroatoms. The van der Waals surface area contributed by atoms with Crippen molar-refractivity contribution in [3.05, 3.63) is 46.5 Å². The number of hydrogen-bond acceptors (Lipinski definition) is 5. The number of aromatic hydroxyl groups is 2. The lowest BCUT2D eigenvalue weighted by Gasteiger charge is -2.34. The molecule has 2 aromatic carbocycles. The molecular weight excluding hydrogens is 480 g/mol. The average Bonchev–Trinajstić information content (AvgIpc) is 2.70. The number of benzene rings is 2. The summed E-state index contributed by atoms with van der Waals surface area (Å²) >= 11 is 1.41. The quantitative estimate of drug-likeness (QED) is 0.321. The van der Waals surface area contributed by atoms with E-state index in [1.54, 1.807) is 14.2 Å². The molecule has 37 heavy (non-hydrogen) atoms. The molecule has 0 aliphatic heterocycles. The van der Waals surface area contributed by atoms with E-state index in [2.05, 4.69) is 93.5 Å². The summed E-state index contributed by atoms with van der Waals surface area (Å²) in [5.41, 5.74) is 3.89. The molecule has 0 aliphatic rings. The van der Waals surface area contributed by atoms with Crippen molar-refractivity contribution in [3.63, 3.8) is 0 Å². The Morgan fingerprint density at radius 1 is 0.595 bits per heavy atom. The van der Waals surface area contributed by atoms with Gasteiger partial charge in [0.15, 0.2) is 0 Å². The first-order chi connectivity index (χ1) is 16.8. The second-order valence-electron chi connectivity index (χ2n) is 14.2. The summed E-state index contributed by atoms with van der Waals surface area (Å²) in [6, 6.07) is 8.28. The van der Waals surface area contributed by atoms with Crippen LogP contribution in [0, 0.1) is 10.8 Å². The number of ether oxygens (including phenoxy) is 2. The maximum absolute atomic E-state index is 11.2. The molecular formula is C32H50O4S. The van der Waals surface area contributed by atoms with Crippen molar-refractivity contribution in [3.8, 4) is 11.5 Å². The van der Waals surface area contributed by atoms with Crippen LogP contribution in [0.1, 0.15) is 104 Å². The van der Waals surface area contributed by atoms with Gasteiger partial charge in [-0.15, -0.1) is 0 Å². The van der Waals surface area contributed by atoms with Gasteiger partial charge in [-0.25, -0.2) is 0 Å². The molecule has 0 spiro atoms. The summed E-state index contributed by atoms with van der Waals surface area (Å²) < 4.78 is 10.9. The topological polar surface area (TPSA) is 58.9 Å². The van der Waals surface area contributed by atoms with Gasteiger partial charge in [0, 0.05) is 25.3 Å². The van der Waals surface area contributed by atoms with E-state index in [1.807, 2.05) is 0 Å². The van der Waals surface area contributed by atoms with Gasteiger partial charge in [0.25, 0.3) is 0 Å². The van der Waals surface area contributed by atoms with E-state index in [4.69, 9.17) is 9.47 Å². The minimum absolute atomic E-state index is 0.108. The van der Waals surface area contributed by atoms with Gasteiger partial charge in [-0.1, -0.05) is 81.0 Å². The minimum Gasteiger partial charge on any atom is -0.506 e. The van der Waals surface area contributed by atoms with Gasteiger partial charge >= 0.3 is 0 Å². The molecule has 4 nitrogen and oxygen atoms in total. The molecule has 0 heterocycles. The Kier molecular flexibility index (Phi) is 9.88. The summed E-state index contributed by atoms with van der Waals surface area (Å²) in [7, 11) is 3.28. The molecule has 0 saturated carbocycles. The molecule has 0 aromatic heterocycles. The summed E-state index contributed by atoms with van der Waals surface area (Å²) in [6.45, 7) is 23.1. The molecule has 0 radical (unpaired) electrons. The summed E-state index contributed by atoms with van der Waals surface area (Å²) in [5.74, 6) is 0.406. The Morgan fingerprint density at radius 2 is 0.919 bits per heavy atom. The standard InChI is InChI=1S/C32H50O4S/c1-29(2,3)19-31(7,8)23-13-21(17-35-11)27(33)25(15-23)37-26-16-24(14-22(18-36-12)28(26)34)32(9,10)20-30(4,5)6/h13-16,33-34H,17-20H2,1-12H3. The van der Waals surface area contributed by atoms with Crippen LogP contribution in [-0.2, 0) is 33.5 Å². The third-order valence-electron chi connectivity index (χ3n) is 6.63. The number of phenols is 2. The molecule has 2 aromatic rings. The Morgan fingerprint density at radius 3 is 1.19 bits per heavy atom. The lowest BCUT2D eigenvalue weighted by atomic mass is 9.72. The van der Waals surface area contributed by atoms with Crippen LogP contribution in [0.15, 0.2) is 34.1 Å². The lowest BCUT2D eigenvalue weighted by molar-refractivity contribution is 0.181. The zero-order valence-electron chi connectivity index (χ0n) is 25.3. The van der Waals surface area contributed by atoms with Crippen LogP contribution in [-0.4, -0.2) is 24.4 Å². The second-order valence-corrected chi connectivity index (χ2v) is 15.3. The highest BCUT2D eigenvalue weighted by molar-refractivity contribution is 7.99. The Labute approximate surface area is 230 Å². The first-order valence-corrected chi connectivity index (χ1v) is 14.0. The van der Waals surface area contributed by atoms with Crippen molar-refractivity contribution in [2.45, 2.75) is 116 Å². The SMILES string of the molecule is COCc1cc(C(C)(C)CC(C)(C)C)cc(Sc2cc(C(C)(C)CC(C)(C)C)cc(COC)c2O)c1O. The largest absolute Gasteiger partial charge is 0.506 e. The van der Waals surface area contributed by atoms with E-state index < -0.39 is 0 Å². The molecule has 0 aliphatic carbocycles. The van der Waals surface area contributed by atoms with Crippen molar-refractivity contribution in [2.24, 2.45) is 10.8 Å². The monoisotopic (exact) mass is 530 g/mol. The predicted molar refractivity (Wildman–Crippen MR) is 156 cm³/mol. The van der Waals surface area contributed by atoms with Crippen LogP contribution in [0.5, 0.6) is 11.5 Å². The molecule has 0 fully saturated rings. The molecule has 2 N–H and O–H groups in total. The van der Waals surface area contributed by atoms with Crippen molar-refractivity contribution in [2.75, 3.05) is 14.2 Å². The van der Waals surface area contributed by atoms with E-state index in [1.165, 1.54) is 11.8 Å². The van der Waals surface area contributed by atoms with Gasteiger partial charge in [-0.2, -0.15) is 0 Å². The molecule has 0 bridgehead atoms. The minimum atomic E-state index is -0.108. The van der Waals surface area contributed by atoms with Crippen molar-refractivity contribution >= 4 is 11.8 Å². The number of phenolic OH excluding ortho intramolecular Hbond substituents is 2. The number of methoxy groups -OCH3 is 2. The predicted octanol–water partition coefficient (Wildman–Crippen LogP) is 8.97. The molecule has 0 unspecified atom stereocenters. The van der Waals surface area contributed by atoms with E-state index in [0.29, 0.717) is 13.2 Å².